The van der Waals surface area contributed by atoms with Crippen LogP contribution in [0.15, 0.2) is 24.3 Å². The first kappa shape index (κ1) is 15.0. The maximum Gasteiger partial charge on any atom is 0.573 e. The zero-order valence-corrected chi connectivity index (χ0v) is 12.9. The molecule has 2 nitrogen and oxygen atoms in total. The van der Waals surface area contributed by atoms with Crippen LogP contribution in [0, 0.1) is 5.41 Å². The van der Waals surface area contributed by atoms with Gasteiger partial charge in [-0.2, -0.15) is 0 Å². The van der Waals surface area contributed by atoms with Crippen molar-refractivity contribution in [2.24, 2.45) is 5.41 Å². The zero-order chi connectivity index (χ0) is 15.1. The van der Waals surface area contributed by atoms with Crippen LogP contribution >= 0.6 is 15.9 Å². The third-order valence-corrected chi connectivity index (χ3v) is 5.84. The zero-order valence-electron chi connectivity index (χ0n) is 11.3. The number of halogens is 4. The summed E-state index contributed by atoms with van der Waals surface area (Å²) in [5.74, 6) is 0.373. The molecule has 2 aliphatic rings. The van der Waals surface area contributed by atoms with Gasteiger partial charge in [0, 0.05) is 10.2 Å². The van der Waals surface area contributed by atoms with Crippen LogP contribution in [0.25, 0.3) is 0 Å². The molecule has 0 radical (unpaired) electrons. The highest BCUT2D eigenvalue weighted by Gasteiger charge is 2.56. The summed E-state index contributed by atoms with van der Waals surface area (Å²) in [6.45, 7) is 0. The van der Waals surface area contributed by atoms with Gasteiger partial charge in [0.25, 0.3) is 0 Å². The highest BCUT2D eigenvalue weighted by atomic mass is 79.9. The van der Waals surface area contributed by atoms with Crippen LogP contribution in [0.2, 0.25) is 0 Å². The second-order valence-electron chi connectivity index (χ2n) is 5.77. The molecule has 2 fully saturated rings. The summed E-state index contributed by atoms with van der Waals surface area (Å²) in [6.07, 6.45) is 1.19. The van der Waals surface area contributed by atoms with Gasteiger partial charge in [-0.05, 0) is 43.5 Å². The Balaban J connectivity index is 1.63. The van der Waals surface area contributed by atoms with Crippen LogP contribution in [-0.2, 0) is 0 Å². The van der Waals surface area contributed by atoms with E-state index in [-0.39, 0.29) is 17.3 Å². The Labute approximate surface area is 129 Å². The summed E-state index contributed by atoms with van der Waals surface area (Å²) in [6, 6.07) is 5.64. The second kappa shape index (κ2) is 5.38. The van der Waals surface area contributed by atoms with Crippen molar-refractivity contribution in [2.75, 3.05) is 0 Å². The van der Waals surface area contributed by atoms with Gasteiger partial charge in [0.05, 0.1) is 0 Å². The molecule has 6 heteroatoms. The normalized spacial score (nSPS) is 27.4. The number of ether oxygens (including phenoxy) is 2. The predicted molar refractivity (Wildman–Crippen MR) is 75.8 cm³/mol. The van der Waals surface area contributed by atoms with Gasteiger partial charge < -0.3 is 9.47 Å². The number of hydrogen-bond acceptors (Lipinski definition) is 2. The van der Waals surface area contributed by atoms with Gasteiger partial charge in [-0.3, -0.25) is 0 Å². The first-order chi connectivity index (χ1) is 9.89. The fourth-order valence-corrected chi connectivity index (χ4v) is 4.51. The predicted octanol–water partition coefficient (Wildman–Crippen LogP) is 5.06. The summed E-state index contributed by atoms with van der Waals surface area (Å²) >= 11 is 3.72. The molecule has 2 atom stereocenters. The molecule has 0 aliphatic heterocycles. The lowest BCUT2D eigenvalue weighted by atomic mass is 9.64. The fourth-order valence-electron chi connectivity index (χ4n) is 3.42. The molecular weight excluding hydrogens is 349 g/mol. The smallest absolute Gasteiger partial charge is 0.490 e. The van der Waals surface area contributed by atoms with Crippen molar-refractivity contribution >= 4 is 15.9 Å². The fraction of sp³-hybridized carbons (Fsp3) is 0.600. The number of alkyl halides is 4. The van der Waals surface area contributed by atoms with E-state index in [1.54, 1.807) is 0 Å². The molecule has 2 aliphatic carbocycles. The van der Waals surface area contributed by atoms with E-state index in [4.69, 9.17) is 4.74 Å². The lowest BCUT2D eigenvalue weighted by molar-refractivity contribution is -0.274. The van der Waals surface area contributed by atoms with Crippen molar-refractivity contribution in [1.29, 1.82) is 0 Å². The third-order valence-electron chi connectivity index (χ3n) is 4.56. The first-order valence-corrected chi connectivity index (χ1v) is 7.97. The molecule has 1 aromatic carbocycles. The third kappa shape index (κ3) is 3.00. The van der Waals surface area contributed by atoms with Crippen LogP contribution in [-0.4, -0.2) is 17.3 Å². The van der Waals surface area contributed by atoms with Crippen LogP contribution in [0.1, 0.15) is 32.1 Å². The Morgan fingerprint density at radius 1 is 1.05 bits per heavy atom. The quantitative estimate of drug-likeness (QED) is 0.697. The Morgan fingerprint density at radius 3 is 2.14 bits per heavy atom. The minimum Gasteiger partial charge on any atom is -0.490 e. The standard InChI is InChI=1S/C15H16BrF3O2/c16-12-9-13(14(12)7-1-2-8-14)20-10-3-5-11(6-4-10)21-15(17,18)19/h3-6,12-13H,1-2,7-9H2. The van der Waals surface area contributed by atoms with Gasteiger partial charge in [-0.25, -0.2) is 0 Å². The van der Waals surface area contributed by atoms with Gasteiger partial charge >= 0.3 is 6.36 Å². The molecular formula is C15H16BrF3O2. The Hall–Kier alpha value is -0.910. The molecule has 0 aromatic heterocycles. The molecule has 2 unspecified atom stereocenters. The van der Waals surface area contributed by atoms with Crippen molar-refractivity contribution in [3.8, 4) is 11.5 Å². The van der Waals surface area contributed by atoms with Crippen LogP contribution in [0.3, 0.4) is 0 Å². The molecule has 0 bridgehead atoms. The summed E-state index contributed by atoms with van der Waals surface area (Å²) in [7, 11) is 0. The SMILES string of the molecule is FC(F)(F)Oc1ccc(OC2CC(Br)C23CCCC3)cc1. The molecule has 21 heavy (non-hydrogen) atoms. The number of hydrogen-bond donors (Lipinski definition) is 0. The van der Waals surface area contributed by atoms with E-state index in [1.165, 1.54) is 37.1 Å². The molecule has 0 amide bonds. The van der Waals surface area contributed by atoms with Gasteiger partial charge in [0.15, 0.2) is 0 Å². The summed E-state index contributed by atoms with van der Waals surface area (Å²) < 4.78 is 46.1. The maximum atomic E-state index is 12.1. The Kier molecular flexibility index (Phi) is 3.84. The van der Waals surface area contributed by atoms with Gasteiger partial charge in [-0.15, -0.1) is 13.2 Å². The van der Waals surface area contributed by atoms with Crippen molar-refractivity contribution in [1.82, 2.24) is 0 Å². The highest BCUT2D eigenvalue weighted by Crippen LogP contribution is 2.57. The topological polar surface area (TPSA) is 18.5 Å². The van der Waals surface area contributed by atoms with E-state index in [0.29, 0.717) is 10.6 Å². The van der Waals surface area contributed by atoms with Crippen molar-refractivity contribution in [3.05, 3.63) is 24.3 Å². The van der Waals surface area contributed by atoms with E-state index in [2.05, 4.69) is 20.7 Å². The van der Waals surface area contributed by atoms with Crippen molar-refractivity contribution in [3.63, 3.8) is 0 Å². The van der Waals surface area contributed by atoms with Gasteiger partial charge in [0.1, 0.15) is 17.6 Å². The number of rotatable bonds is 3. The molecule has 0 heterocycles. The van der Waals surface area contributed by atoms with Crippen molar-refractivity contribution in [2.45, 2.75) is 49.4 Å². The van der Waals surface area contributed by atoms with E-state index >= 15 is 0 Å². The average Bonchev–Trinajstić information content (AvgIpc) is 2.91. The summed E-state index contributed by atoms with van der Waals surface area (Å²) in [5.41, 5.74) is 0.209. The van der Waals surface area contributed by atoms with E-state index < -0.39 is 6.36 Å². The molecule has 2 saturated carbocycles. The first-order valence-electron chi connectivity index (χ1n) is 7.06. The highest BCUT2D eigenvalue weighted by molar-refractivity contribution is 9.09. The lowest BCUT2D eigenvalue weighted by Gasteiger charge is -2.51. The maximum absolute atomic E-state index is 12.1. The molecule has 1 aromatic rings. The van der Waals surface area contributed by atoms with E-state index in [1.807, 2.05) is 0 Å². The number of benzene rings is 1. The van der Waals surface area contributed by atoms with E-state index in [9.17, 15) is 13.2 Å². The Bertz CT molecular complexity index is 495. The second-order valence-corrected chi connectivity index (χ2v) is 6.87. The Morgan fingerprint density at radius 2 is 1.62 bits per heavy atom. The largest absolute Gasteiger partial charge is 0.573 e. The lowest BCUT2D eigenvalue weighted by Crippen LogP contribution is -2.55. The van der Waals surface area contributed by atoms with Crippen LogP contribution in [0.5, 0.6) is 11.5 Å². The van der Waals surface area contributed by atoms with E-state index in [0.717, 1.165) is 19.3 Å². The molecule has 1 spiro atoms. The van der Waals surface area contributed by atoms with Crippen molar-refractivity contribution < 1.29 is 22.6 Å². The molecule has 0 N–H and O–H groups in total. The summed E-state index contributed by atoms with van der Waals surface area (Å²) in [5, 5.41) is 0. The van der Waals surface area contributed by atoms with Gasteiger partial charge in [0.2, 0.25) is 0 Å². The molecule has 3 rings (SSSR count). The average molecular weight is 365 g/mol. The molecule has 116 valence electrons. The monoisotopic (exact) mass is 364 g/mol. The summed E-state index contributed by atoms with van der Waals surface area (Å²) in [4.78, 5) is 0.491. The minimum absolute atomic E-state index is 0.152. The molecule has 0 saturated heterocycles. The van der Waals surface area contributed by atoms with Gasteiger partial charge in [-0.1, -0.05) is 28.8 Å². The minimum atomic E-state index is -4.66. The van der Waals surface area contributed by atoms with Crippen LogP contribution in [0.4, 0.5) is 13.2 Å². The van der Waals surface area contributed by atoms with Crippen LogP contribution < -0.4 is 9.47 Å².